The van der Waals surface area contributed by atoms with Crippen LogP contribution in [-0.2, 0) is 14.8 Å². The molecule has 2 rings (SSSR count). The number of likely N-dealkylation sites (N-methyl/N-ethyl adjacent to an activating group) is 1. The SMILES string of the molecule is C=CCCCCCCCC(C(=O)N1CCCC1)N(C)S(=O)(=O)c1ccc(C)cc1. The standard InChI is InChI=1S/C23H36N2O3S/c1-4-5-6-7-8-9-10-13-22(23(26)25-18-11-12-19-25)24(3)29(27,28)21-16-14-20(2)15-17-21/h4,14-17,22H,1,5-13,18-19H2,2-3H3. The number of sulfonamides is 1. The van der Waals surface area contributed by atoms with E-state index in [9.17, 15) is 13.2 Å². The minimum absolute atomic E-state index is 0.0488. The zero-order valence-corrected chi connectivity index (χ0v) is 18.8. The van der Waals surface area contributed by atoms with Crippen molar-refractivity contribution in [1.82, 2.24) is 9.21 Å². The number of allylic oxidation sites excluding steroid dienone is 1. The van der Waals surface area contributed by atoms with Crippen molar-refractivity contribution in [2.24, 2.45) is 0 Å². The zero-order valence-electron chi connectivity index (χ0n) is 18.0. The molecule has 6 heteroatoms. The van der Waals surface area contributed by atoms with Crippen molar-refractivity contribution in [1.29, 1.82) is 0 Å². The van der Waals surface area contributed by atoms with Gasteiger partial charge < -0.3 is 4.90 Å². The van der Waals surface area contributed by atoms with E-state index in [4.69, 9.17) is 0 Å². The van der Waals surface area contributed by atoms with Gasteiger partial charge in [-0.3, -0.25) is 4.79 Å². The minimum Gasteiger partial charge on any atom is -0.341 e. The summed E-state index contributed by atoms with van der Waals surface area (Å²) in [6, 6.07) is 6.20. The second-order valence-corrected chi connectivity index (χ2v) is 10.0. The van der Waals surface area contributed by atoms with Gasteiger partial charge in [0.2, 0.25) is 15.9 Å². The van der Waals surface area contributed by atoms with Crippen LogP contribution in [0.15, 0.2) is 41.8 Å². The Labute approximate surface area is 176 Å². The third kappa shape index (κ3) is 6.68. The molecule has 1 aliphatic rings. The highest BCUT2D eigenvalue weighted by molar-refractivity contribution is 7.89. The third-order valence-corrected chi connectivity index (χ3v) is 7.61. The van der Waals surface area contributed by atoms with Gasteiger partial charge in [0.25, 0.3) is 0 Å². The fourth-order valence-electron chi connectivity index (χ4n) is 3.81. The Kier molecular flexibility index (Phi) is 9.37. The molecule has 0 N–H and O–H groups in total. The molecule has 0 aromatic heterocycles. The van der Waals surface area contributed by atoms with E-state index in [-0.39, 0.29) is 10.8 Å². The Balaban J connectivity index is 2.07. The first-order valence-electron chi connectivity index (χ1n) is 10.8. The van der Waals surface area contributed by atoms with Crippen LogP contribution in [0.5, 0.6) is 0 Å². The van der Waals surface area contributed by atoms with E-state index in [2.05, 4.69) is 6.58 Å². The van der Waals surface area contributed by atoms with Gasteiger partial charge in [-0.15, -0.1) is 6.58 Å². The number of hydrogen-bond donors (Lipinski definition) is 0. The maximum absolute atomic E-state index is 13.2. The summed E-state index contributed by atoms with van der Waals surface area (Å²) in [4.78, 5) is 15.2. The molecule has 1 amide bonds. The van der Waals surface area contributed by atoms with Crippen LogP contribution in [0, 0.1) is 6.92 Å². The molecule has 0 aliphatic carbocycles. The maximum atomic E-state index is 13.2. The molecule has 0 bridgehead atoms. The van der Waals surface area contributed by atoms with Crippen molar-refractivity contribution in [3.05, 3.63) is 42.5 Å². The lowest BCUT2D eigenvalue weighted by molar-refractivity contribution is -0.134. The predicted octanol–water partition coefficient (Wildman–Crippen LogP) is 4.52. The summed E-state index contributed by atoms with van der Waals surface area (Å²) >= 11 is 0. The normalized spacial score (nSPS) is 15.6. The van der Waals surface area contributed by atoms with E-state index in [1.807, 2.05) is 17.9 Å². The van der Waals surface area contributed by atoms with Crippen molar-refractivity contribution >= 4 is 15.9 Å². The Hall–Kier alpha value is -1.66. The largest absolute Gasteiger partial charge is 0.341 e. The van der Waals surface area contributed by atoms with Crippen LogP contribution in [0.25, 0.3) is 0 Å². The van der Waals surface area contributed by atoms with Crippen LogP contribution in [0.4, 0.5) is 0 Å². The summed E-state index contributed by atoms with van der Waals surface area (Å²) in [7, 11) is -2.16. The van der Waals surface area contributed by atoms with Gasteiger partial charge in [-0.2, -0.15) is 4.31 Å². The molecule has 0 radical (unpaired) electrons. The van der Waals surface area contributed by atoms with Gasteiger partial charge in [-0.1, -0.05) is 49.5 Å². The average Bonchev–Trinajstić information content (AvgIpc) is 3.24. The smallest absolute Gasteiger partial charge is 0.243 e. The molecule has 162 valence electrons. The first kappa shape index (κ1) is 23.6. The molecule has 1 heterocycles. The molecule has 1 fully saturated rings. The van der Waals surface area contributed by atoms with E-state index < -0.39 is 16.1 Å². The second-order valence-electron chi connectivity index (χ2n) is 8.02. The van der Waals surface area contributed by atoms with Gasteiger partial charge in [0.05, 0.1) is 4.90 Å². The van der Waals surface area contributed by atoms with Crippen LogP contribution in [0.1, 0.15) is 63.4 Å². The van der Waals surface area contributed by atoms with Crippen LogP contribution in [-0.4, -0.2) is 49.7 Å². The summed E-state index contributed by atoms with van der Waals surface area (Å²) in [6.07, 6.45) is 10.8. The van der Waals surface area contributed by atoms with Crippen molar-refractivity contribution < 1.29 is 13.2 Å². The number of carbonyl (C=O) groups is 1. The molecule has 29 heavy (non-hydrogen) atoms. The molecule has 1 saturated heterocycles. The summed E-state index contributed by atoms with van der Waals surface area (Å²) in [5.41, 5.74) is 1.01. The average molecular weight is 421 g/mol. The summed E-state index contributed by atoms with van der Waals surface area (Å²) in [5, 5.41) is 0. The van der Waals surface area contributed by atoms with Crippen molar-refractivity contribution in [3.8, 4) is 0 Å². The molecule has 1 aromatic carbocycles. The first-order valence-corrected chi connectivity index (χ1v) is 12.3. The number of amides is 1. The van der Waals surface area contributed by atoms with Gasteiger partial charge in [-0.05, 0) is 51.2 Å². The number of likely N-dealkylation sites (tertiary alicyclic amines) is 1. The fraction of sp³-hybridized carbons (Fsp3) is 0.609. The Bertz CT molecular complexity index is 753. The van der Waals surface area contributed by atoms with Crippen LogP contribution >= 0.6 is 0 Å². The van der Waals surface area contributed by atoms with E-state index >= 15 is 0 Å². The lowest BCUT2D eigenvalue weighted by atomic mass is 10.0. The molecule has 0 spiro atoms. The van der Waals surface area contributed by atoms with E-state index in [1.165, 1.54) is 4.31 Å². The van der Waals surface area contributed by atoms with Gasteiger partial charge in [-0.25, -0.2) is 8.42 Å². The molecule has 1 aliphatic heterocycles. The minimum atomic E-state index is -3.71. The van der Waals surface area contributed by atoms with Gasteiger partial charge in [0.1, 0.15) is 6.04 Å². The monoisotopic (exact) mass is 420 g/mol. The van der Waals surface area contributed by atoms with Crippen LogP contribution in [0.3, 0.4) is 0 Å². The van der Waals surface area contributed by atoms with Crippen LogP contribution in [0.2, 0.25) is 0 Å². The van der Waals surface area contributed by atoms with E-state index in [0.717, 1.165) is 70.0 Å². The summed E-state index contributed by atoms with van der Waals surface area (Å²) in [6.45, 7) is 7.13. The summed E-state index contributed by atoms with van der Waals surface area (Å²) in [5.74, 6) is -0.0488. The van der Waals surface area contributed by atoms with Gasteiger partial charge >= 0.3 is 0 Å². The second kappa shape index (κ2) is 11.5. The molecular formula is C23H36N2O3S. The first-order chi connectivity index (χ1) is 13.9. The number of hydrogen-bond acceptors (Lipinski definition) is 3. The molecular weight excluding hydrogens is 384 g/mol. The quantitative estimate of drug-likeness (QED) is 0.369. The number of rotatable bonds is 12. The van der Waals surface area contributed by atoms with Gasteiger partial charge in [0.15, 0.2) is 0 Å². The van der Waals surface area contributed by atoms with Crippen molar-refractivity contribution in [2.75, 3.05) is 20.1 Å². The Morgan fingerprint density at radius 2 is 1.69 bits per heavy atom. The van der Waals surface area contributed by atoms with Crippen LogP contribution < -0.4 is 0 Å². The topological polar surface area (TPSA) is 57.7 Å². The van der Waals surface area contributed by atoms with Crippen molar-refractivity contribution in [3.63, 3.8) is 0 Å². The molecule has 5 nitrogen and oxygen atoms in total. The number of aryl methyl sites for hydroxylation is 1. The highest BCUT2D eigenvalue weighted by atomic mass is 32.2. The molecule has 1 aromatic rings. The fourth-order valence-corrected chi connectivity index (χ4v) is 5.15. The number of nitrogens with zero attached hydrogens (tertiary/aromatic N) is 2. The highest BCUT2D eigenvalue weighted by Gasteiger charge is 2.35. The van der Waals surface area contributed by atoms with Gasteiger partial charge in [0, 0.05) is 20.1 Å². The Morgan fingerprint density at radius 1 is 1.10 bits per heavy atom. The maximum Gasteiger partial charge on any atom is 0.243 e. The number of unbranched alkanes of at least 4 members (excludes halogenated alkanes) is 5. The summed E-state index contributed by atoms with van der Waals surface area (Å²) < 4.78 is 27.6. The molecule has 0 saturated carbocycles. The highest BCUT2D eigenvalue weighted by Crippen LogP contribution is 2.23. The number of carbonyl (C=O) groups excluding carboxylic acids is 1. The molecule has 1 atom stereocenters. The lowest BCUT2D eigenvalue weighted by Crippen LogP contribution is -2.48. The van der Waals surface area contributed by atoms with Crippen molar-refractivity contribution in [2.45, 2.75) is 75.6 Å². The predicted molar refractivity (Wildman–Crippen MR) is 118 cm³/mol. The van der Waals surface area contributed by atoms with E-state index in [0.29, 0.717) is 6.42 Å². The number of benzene rings is 1. The zero-order chi connectivity index (χ0) is 21.3. The third-order valence-electron chi connectivity index (χ3n) is 5.73. The Morgan fingerprint density at radius 3 is 2.31 bits per heavy atom. The molecule has 1 unspecified atom stereocenters. The lowest BCUT2D eigenvalue weighted by Gasteiger charge is -2.30. The van der Waals surface area contributed by atoms with E-state index in [1.54, 1.807) is 31.3 Å².